The lowest BCUT2D eigenvalue weighted by Gasteiger charge is -2.46. The molecule has 8 rings (SSSR count). The van der Waals surface area contributed by atoms with Gasteiger partial charge in [-0.1, -0.05) is 30.7 Å². The van der Waals surface area contributed by atoms with E-state index in [1.165, 1.54) is 28.2 Å². The molecule has 0 saturated heterocycles. The Morgan fingerprint density at radius 3 is 2.57 bits per heavy atom. The van der Waals surface area contributed by atoms with E-state index in [1.54, 1.807) is 43.3 Å². The van der Waals surface area contributed by atoms with Crippen LogP contribution in [0.3, 0.4) is 0 Å². The summed E-state index contributed by atoms with van der Waals surface area (Å²) in [6.45, 7) is 3.65. The number of ether oxygens (including phenoxy) is 2. The third-order valence-electron chi connectivity index (χ3n) is 11.9. The molecule has 6 atom stereocenters. The van der Waals surface area contributed by atoms with E-state index in [2.05, 4.69) is 31.6 Å². The average Bonchev–Trinajstić information content (AvgIpc) is 3.75. The number of hydrogen-bond acceptors (Lipinski definition) is 9. The van der Waals surface area contributed by atoms with Gasteiger partial charge >= 0.3 is 5.97 Å². The smallest absolute Gasteiger partial charge is 0.341 e. The standard InChI is InChI=1S/C42H47ClN6O6S/c1-27-6-4-8-38(55-41(52)32-19-45-48(3)21-32)34-12-9-30(34)22-49-25-42(15-5-7-28-16-33(43)11-13-35(28)42)26-54-39-14-10-29(17-36(39)49)40(51)46-56(53,23-27)24-37(50)31-18-44-47(2)20-31/h4,8,10-11,13-14,16-21,27,30,34,38H,5-7,9,12,15,22-26H2,1-3H3/b8-4+/t27-,30-,34+,38-,42-,56+/m0/s1. The Bertz CT molecular complexity index is 2340. The molecular formula is C42H47ClN6O6S. The van der Waals surface area contributed by atoms with Crippen molar-refractivity contribution in [3.63, 3.8) is 0 Å². The second kappa shape index (κ2) is 15.3. The molecule has 12 nitrogen and oxygen atoms in total. The highest BCUT2D eigenvalue weighted by Crippen LogP contribution is 2.47. The first kappa shape index (κ1) is 38.1. The average molecular weight is 799 g/mol. The summed E-state index contributed by atoms with van der Waals surface area (Å²) in [5, 5.41) is 8.98. The number of amides is 1. The number of allylic oxidation sites excluding steroid dienone is 1. The molecule has 0 N–H and O–H groups in total. The van der Waals surface area contributed by atoms with Crippen LogP contribution in [0.2, 0.25) is 5.02 Å². The fraction of sp³-hybridized carbons (Fsp3) is 0.452. The predicted molar refractivity (Wildman–Crippen MR) is 214 cm³/mol. The minimum atomic E-state index is -3.37. The second-order valence-electron chi connectivity index (χ2n) is 16.1. The Balaban J connectivity index is 1.20. The highest BCUT2D eigenvalue weighted by atomic mass is 35.5. The van der Waals surface area contributed by atoms with Crippen LogP contribution in [0.4, 0.5) is 5.69 Å². The van der Waals surface area contributed by atoms with Crippen molar-refractivity contribution in [3.05, 3.63) is 106 Å². The first-order chi connectivity index (χ1) is 26.9. The lowest BCUT2D eigenvalue weighted by Crippen LogP contribution is -2.49. The van der Waals surface area contributed by atoms with Gasteiger partial charge in [0, 0.05) is 67.3 Å². The first-order valence-corrected chi connectivity index (χ1v) is 21.6. The van der Waals surface area contributed by atoms with Crippen molar-refractivity contribution in [2.45, 2.75) is 57.0 Å². The summed E-state index contributed by atoms with van der Waals surface area (Å²) in [5.41, 5.74) is 3.83. The summed E-state index contributed by atoms with van der Waals surface area (Å²) in [6.07, 6.45) is 14.7. The number of carbonyl (C=O) groups excluding carboxylic acids is 3. The van der Waals surface area contributed by atoms with Crippen LogP contribution in [0, 0.1) is 17.8 Å². The summed E-state index contributed by atoms with van der Waals surface area (Å²) in [6, 6.07) is 11.4. The van der Waals surface area contributed by atoms with Crippen molar-refractivity contribution in [1.82, 2.24) is 19.6 Å². The Morgan fingerprint density at radius 2 is 1.84 bits per heavy atom. The highest BCUT2D eigenvalue weighted by Gasteiger charge is 2.45. The van der Waals surface area contributed by atoms with E-state index in [-0.39, 0.29) is 34.5 Å². The maximum atomic E-state index is 14.7. The van der Waals surface area contributed by atoms with E-state index in [0.717, 1.165) is 37.8 Å². The molecular weight excluding hydrogens is 752 g/mol. The van der Waals surface area contributed by atoms with Crippen LogP contribution >= 0.6 is 11.6 Å². The number of aromatic nitrogens is 4. The number of rotatable bonds is 5. The maximum absolute atomic E-state index is 14.7. The van der Waals surface area contributed by atoms with Crippen LogP contribution in [0.25, 0.3) is 0 Å². The zero-order valence-electron chi connectivity index (χ0n) is 31.9. The van der Waals surface area contributed by atoms with E-state index in [4.69, 9.17) is 21.1 Å². The van der Waals surface area contributed by atoms with E-state index in [1.807, 2.05) is 31.2 Å². The van der Waals surface area contributed by atoms with Crippen LogP contribution in [0.1, 0.15) is 81.2 Å². The molecule has 1 saturated carbocycles. The van der Waals surface area contributed by atoms with Crippen LogP contribution in [0.15, 0.2) is 77.7 Å². The summed E-state index contributed by atoms with van der Waals surface area (Å²) < 4.78 is 35.1. The summed E-state index contributed by atoms with van der Waals surface area (Å²) >= 11 is 6.48. The lowest BCUT2D eigenvalue weighted by molar-refractivity contribution is -0.00207. The van der Waals surface area contributed by atoms with Crippen LogP contribution < -0.4 is 9.64 Å². The van der Waals surface area contributed by atoms with Crippen molar-refractivity contribution in [2.75, 3.05) is 36.1 Å². The molecule has 0 unspecified atom stereocenters. The van der Waals surface area contributed by atoms with Crippen molar-refractivity contribution < 1.29 is 28.1 Å². The summed E-state index contributed by atoms with van der Waals surface area (Å²) in [5.74, 6) is -1.21. The molecule has 1 fully saturated rings. The molecule has 2 aromatic carbocycles. The van der Waals surface area contributed by atoms with Crippen LogP contribution in [0.5, 0.6) is 5.75 Å². The Labute approximate surface area is 332 Å². The number of benzene rings is 2. The van der Waals surface area contributed by atoms with Gasteiger partial charge in [0.1, 0.15) is 11.9 Å². The van der Waals surface area contributed by atoms with Gasteiger partial charge in [-0.3, -0.25) is 19.0 Å². The van der Waals surface area contributed by atoms with Crippen molar-refractivity contribution in [1.29, 1.82) is 0 Å². The number of Topliss-reactive ketones (excluding diaryl/α,β-unsaturated/α-hetero) is 1. The summed E-state index contributed by atoms with van der Waals surface area (Å²) in [4.78, 5) is 43.3. The lowest BCUT2D eigenvalue weighted by atomic mass is 9.68. The molecule has 2 bridgehead atoms. The van der Waals surface area contributed by atoms with Gasteiger partial charge in [-0.25, -0.2) is 9.00 Å². The maximum Gasteiger partial charge on any atom is 0.341 e. The number of fused-ring (bicyclic) bond motifs is 4. The normalized spacial score (nSPS) is 28.1. The molecule has 2 aliphatic carbocycles. The number of esters is 1. The minimum absolute atomic E-state index is 0.0212. The third kappa shape index (κ3) is 7.80. The van der Waals surface area contributed by atoms with Gasteiger partial charge < -0.3 is 14.4 Å². The highest BCUT2D eigenvalue weighted by molar-refractivity contribution is 7.94. The fourth-order valence-electron chi connectivity index (χ4n) is 8.92. The number of nitrogens with zero attached hydrogens (tertiary/aromatic N) is 6. The van der Waals surface area contributed by atoms with Gasteiger partial charge in [-0.05, 0) is 97.9 Å². The molecule has 14 heteroatoms. The summed E-state index contributed by atoms with van der Waals surface area (Å²) in [7, 11) is 0.0876. The Hall–Kier alpha value is -4.75. The zero-order valence-corrected chi connectivity index (χ0v) is 33.5. The largest absolute Gasteiger partial charge is 0.490 e. The second-order valence-corrected chi connectivity index (χ2v) is 18.9. The fourth-order valence-corrected chi connectivity index (χ4v) is 11.4. The van der Waals surface area contributed by atoms with Gasteiger partial charge in [-0.15, -0.1) is 0 Å². The monoisotopic (exact) mass is 798 g/mol. The SMILES string of the molecule is C[C@H]1C/C=C/[C@H](OC(=O)c2cnn(C)c2)[C@@H]2CC[C@H]2CN2C[C@@]3(CCCc4cc(Cl)ccc43)COc3ccc(cc32)C(=O)N=[S@](=O)(CC(=O)c2cnn(C)c2)C1. The zero-order chi connectivity index (χ0) is 39.2. The minimum Gasteiger partial charge on any atom is -0.490 e. The van der Waals surface area contributed by atoms with E-state index in [0.29, 0.717) is 48.0 Å². The number of anilines is 1. The topological polar surface area (TPSA) is 138 Å². The Morgan fingerprint density at radius 1 is 1.05 bits per heavy atom. The van der Waals surface area contributed by atoms with E-state index in [9.17, 15) is 18.6 Å². The Kier molecular flexibility index (Phi) is 10.4. The van der Waals surface area contributed by atoms with Crippen LogP contribution in [-0.4, -0.2) is 78.7 Å². The molecule has 1 spiro atoms. The van der Waals surface area contributed by atoms with Crippen molar-refractivity contribution in [2.24, 2.45) is 36.2 Å². The van der Waals surface area contributed by atoms with Crippen molar-refractivity contribution in [3.8, 4) is 5.75 Å². The van der Waals surface area contributed by atoms with Gasteiger partial charge in [0.25, 0.3) is 5.91 Å². The molecule has 2 aliphatic heterocycles. The quantitative estimate of drug-likeness (QED) is 0.124. The molecule has 2 aromatic heterocycles. The van der Waals surface area contributed by atoms with Gasteiger partial charge in [0.15, 0.2) is 5.78 Å². The first-order valence-electron chi connectivity index (χ1n) is 19.3. The van der Waals surface area contributed by atoms with E-state index < -0.39 is 39.2 Å². The number of hydrogen-bond donors (Lipinski definition) is 0. The van der Waals surface area contributed by atoms with E-state index >= 15 is 0 Å². The van der Waals surface area contributed by atoms with Gasteiger partial charge in [-0.2, -0.15) is 14.6 Å². The number of ketones is 1. The predicted octanol–water partition coefficient (Wildman–Crippen LogP) is 6.62. The molecule has 56 heavy (non-hydrogen) atoms. The van der Waals surface area contributed by atoms with Gasteiger partial charge in [0.2, 0.25) is 0 Å². The van der Waals surface area contributed by atoms with Gasteiger partial charge in [0.05, 0.1) is 51.3 Å². The molecule has 4 heterocycles. The molecule has 4 aromatic rings. The molecule has 4 aliphatic rings. The molecule has 0 radical (unpaired) electrons. The van der Waals surface area contributed by atoms with Crippen molar-refractivity contribution >= 4 is 44.7 Å². The molecule has 1 amide bonds. The third-order valence-corrected chi connectivity index (χ3v) is 14.4. The van der Waals surface area contributed by atoms with Crippen LogP contribution in [-0.2, 0) is 40.4 Å². The number of aryl methyl sites for hydroxylation is 3. The molecule has 294 valence electrons. The number of carbonyl (C=O) groups is 3. The number of halogens is 1.